The van der Waals surface area contributed by atoms with E-state index in [1.165, 1.54) is 18.4 Å². The van der Waals surface area contributed by atoms with E-state index in [2.05, 4.69) is 39.8 Å². The first-order valence-corrected chi connectivity index (χ1v) is 5.70. The molecule has 0 amide bonds. The van der Waals surface area contributed by atoms with E-state index in [9.17, 15) is 0 Å². The van der Waals surface area contributed by atoms with Crippen LogP contribution in [-0.4, -0.2) is 0 Å². The van der Waals surface area contributed by atoms with E-state index in [-0.39, 0.29) is 0 Å². The topological polar surface area (TPSA) is 0 Å². The van der Waals surface area contributed by atoms with E-state index in [4.69, 9.17) is 0 Å². The van der Waals surface area contributed by atoms with Gasteiger partial charge in [-0.2, -0.15) is 0 Å². The van der Waals surface area contributed by atoms with Crippen molar-refractivity contribution in [2.45, 2.75) is 40.5 Å². The molecule has 0 bridgehead atoms. The van der Waals surface area contributed by atoms with Crippen LogP contribution in [-0.2, 0) is 0 Å². The molecule has 2 aliphatic carbocycles. The van der Waals surface area contributed by atoms with E-state index in [1.54, 1.807) is 16.7 Å². The fourth-order valence-corrected chi connectivity index (χ4v) is 2.75. The molecule has 2 atom stereocenters. The van der Waals surface area contributed by atoms with Crippen molar-refractivity contribution >= 4 is 0 Å². The monoisotopic (exact) mass is 188 g/mol. The summed E-state index contributed by atoms with van der Waals surface area (Å²) in [6.07, 6.45) is 7.17. The SMILES string of the molecule is CC1=C(C)[C@@H](C)C(C)C2=C1C=CCC2. The molecule has 2 rings (SSSR count). The lowest BCUT2D eigenvalue weighted by molar-refractivity contribution is 0.471. The van der Waals surface area contributed by atoms with Crippen molar-refractivity contribution in [3.8, 4) is 0 Å². The Morgan fingerprint density at radius 3 is 2.57 bits per heavy atom. The minimum absolute atomic E-state index is 0.736. The van der Waals surface area contributed by atoms with Crippen molar-refractivity contribution in [3.63, 3.8) is 0 Å². The summed E-state index contributed by atoms with van der Waals surface area (Å²) in [6.45, 7) is 9.33. The normalized spacial score (nSPS) is 32.3. The van der Waals surface area contributed by atoms with Crippen LogP contribution < -0.4 is 0 Å². The summed E-state index contributed by atoms with van der Waals surface area (Å²) in [5.41, 5.74) is 6.35. The van der Waals surface area contributed by atoms with Gasteiger partial charge in [-0.3, -0.25) is 0 Å². The van der Waals surface area contributed by atoms with Crippen LogP contribution >= 0.6 is 0 Å². The van der Waals surface area contributed by atoms with Crippen LogP contribution in [0.3, 0.4) is 0 Å². The molecule has 0 aromatic rings. The van der Waals surface area contributed by atoms with Crippen molar-refractivity contribution in [2.24, 2.45) is 11.8 Å². The molecule has 0 radical (unpaired) electrons. The van der Waals surface area contributed by atoms with Gasteiger partial charge in [-0.15, -0.1) is 0 Å². The Morgan fingerprint density at radius 1 is 1.14 bits per heavy atom. The van der Waals surface area contributed by atoms with Crippen LogP contribution in [0, 0.1) is 11.8 Å². The van der Waals surface area contributed by atoms with Crippen LogP contribution in [0.15, 0.2) is 34.4 Å². The van der Waals surface area contributed by atoms with Gasteiger partial charge in [-0.05, 0) is 49.7 Å². The summed E-state index contributed by atoms with van der Waals surface area (Å²) < 4.78 is 0. The highest BCUT2D eigenvalue weighted by Crippen LogP contribution is 2.42. The fraction of sp³-hybridized carbons (Fsp3) is 0.571. The van der Waals surface area contributed by atoms with Gasteiger partial charge in [0.25, 0.3) is 0 Å². The molecular weight excluding hydrogens is 168 g/mol. The average molecular weight is 188 g/mol. The molecule has 0 heteroatoms. The molecule has 0 nitrogen and oxygen atoms in total. The zero-order valence-corrected chi connectivity index (χ0v) is 9.72. The van der Waals surface area contributed by atoms with Gasteiger partial charge in [0.15, 0.2) is 0 Å². The van der Waals surface area contributed by atoms with Crippen LogP contribution in [0.2, 0.25) is 0 Å². The Labute approximate surface area is 87.4 Å². The molecule has 0 saturated heterocycles. The van der Waals surface area contributed by atoms with Gasteiger partial charge in [0.05, 0.1) is 0 Å². The first-order chi connectivity index (χ1) is 6.63. The number of rotatable bonds is 0. The number of allylic oxidation sites excluding steroid dienone is 6. The molecule has 76 valence electrons. The van der Waals surface area contributed by atoms with Crippen molar-refractivity contribution < 1.29 is 0 Å². The Morgan fingerprint density at radius 2 is 1.86 bits per heavy atom. The van der Waals surface area contributed by atoms with Crippen LogP contribution in [0.4, 0.5) is 0 Å². The average Bonchev–Trinajstić information content (AvgIpc) is 2.23. The largest absolute Gasteiger partial charge is 0.0836 e. The fourth-order valence-electron chi connectivity index (χ4n) is 2.75. The quantitative estimate of drug-likeness (QED) is 0.533. The van der Waals surface area contributed by atoms with Crippen LogP contribution in [0.5, 0.6) is 0 Å². The molecule has 0 aromatic heterocycles. The van der Waals surface area contributed by atoms with Crippen LogP contribution in [0.25, 0.3) is 0 Å². The van der Waals surface area contributed by atoms with Crippen molar-refractivity contribution in [3.05, 3.63) is 34.4 Å². The van der Waals surface area contributed by atoms with Gasteiger partial charge in [-0.1, -0.05) is 37.1 Å². The van der Waals surface area contributed by atoms with Crippen molar-refractivity contribution in [1.29, 1.82) is 0 Å². The smallest absolute Gasteiger partial charge is 0.0159 e. The molecule has 0 N–H and O–H groups in total. The second-order valence-electron chi connectivity index (χ2n) is 4.77. The lowest BCUT2D eigenvalue weighted by Gasteiger charge is -2.34. The Bertz CT molecular complexity index is 339. The second-order valence-corrected chi connectivity index (χ2v) is 4.77. The zero-order chi connectivity index (χ0) is 10.3. The maximum Gasteiger partial charge on any atom is -0.0159 e. The minimum atomic E-state index is 0.736. The molecule has 0 aliphatic heterocycles. The number of hydrogen-bond acceptors (Lipinski definition) is 0. The third-order valence-corrected chi connectivity index (χ3v) is 4.19. The summed E-state index contributed by atoms with van der Waals surface area (Å²) in [7, 11) is 0. The van der Waals surface area contributed by atoms with E-state index in [0.29, 0.717) is 0 Å². The lowest BCUT2D eigenvalue weighted by Crippen LogP contribution is -2.20. The predicted molar refractivity (Wildman–Crippen MR) is 62.1 cm³/mol. The molecule has 14 heavy (non-hydrogen) atoms. The first-order valence-electron chi connectivity index (χ1n) is 5.70. The molecule has 0 heterocycles. The van der Waals surface area contributed by atoms with Crippen LogP contribution in [0.1, 0.15) is 40.5 Å². The van der Waals surface area contributed by atoms with E-state index >= 15 is 0 Å². The maximum absolute atomic E-state index is 2.38. The van der Waals surface area contributed by atoms with Gasteiger partial charge in [0, 0.05) is 0 Å². The number of hydrogen-bond donors (Lipinski definition) is 0. The molecule has 2 aliphatic rings. The molecule has 0 spiro atoms. The third-order valence-electron chi connectivity index (χ3n) is 4.19. The highest BCUT2D eigenvalue weighted by atomic mass is 14.3. The molecule has 0 saturated carbocycles. The Balaban J connectivity index is 2.51. The Hall–Kier alpha value is -0.780. The summed E-state index contributed by atoms with van der Waals surface area (Å²) in [4.78, 5) is 0. The minimum Gasteiger partial charge on any atom is -0.0836 e. The van der Waals surface area contributed by atoms with Gasteiger partial charge in [-0.25, -0.2) is 0 Å². The molecule has 0 aromatic carbocycles. The van der Waals surface area contributed by atoms with Gasteiger partial charge in [0.2, 0.25) is 0 Å². The molecule has 1 unspecified atom stereocenters. The summed E-state index contributed by atoms with van der Waals surface area (Å²) in [5.74, 6) is 1.49. The van der Waals surface area contributed by atoms with Gasteiger partial charge < -0.3 is 0 Å². The molecular formula is C14H20. The maximum atomic E-state index is 2.38. The highest BCUT2D eigenvalue weighted by molar-refractivity contribution is 5.50. The van der Waals surface area contributed by atoms with Crippen molar-refractivity contribution in [1.82, 2.24) is 0 Å². The Kier molecular flexibility index (Phi) is 2.38. The lowest BCUT2D eigenvalue weighted by atomic mass is 9.71. The highest BCUT2D eigenvalue weighted by Gasteiger charge is 2.27. The van der Waals surface area contributed by atoms with Gasteiger partial charge >= 0.3 is 0 Å². The molecule has 0 fully saturated rings. The first kappa shape index (κ1) is 9.76. The summed E-state index contributed by atoms with van der Waals surface area (Å²) in [6, 6.07) is 0. The van der Waals surface area contributed by atoms with Crippen molar-refractivity contribution in [2.75, 3.05) is 0 Å². The standard InChI is InChI=1S/C14H20/c1-9-10(2)12(4)14-8-6-5-7-13(14)11(9)3/h5,7,10,12H,6,8H2,1-4H3/t10-,12?/m1/s1. The summed E-state index contributed by atoms with van der Waals surface area (Å²) in [5, 5.41) is 0. The summed E-state index contributed by atoms with van der Waals surface area (Å²) >= 11 is 0. The van der Waals surface area contributed by atoms with Gasteiger partial charge in [0.1, 0.15) is 0 Å². The van der Waals surface area contributed by atoms with E-state index < -0.39 is 0 Å². The third kappa shape index (κ3) is 1.28. The predicted octanol–water partition coefficient (Wildman–Crippen LogP) is 4.26. The zero-order valence-electron chi connectivity index (χ0n) is 9.72. The van der Waals surface area contributed by atoms with E-state index in [1.807, 2.05) is 0 Å². The second kappa shape index (κ2) is 3.42. The van der Waals surface area contributed by atoms with E-state index in [0.717, 1.165) is 11.8 Å².